The number of carbonyl (C=O) groups is 2. The van der Waals surface area contributed by atoms with Crippen LogP contribution in [0.15, 0.2) is 79.0 Å². The molecule has 4 aromatic rings. The summed E-state index contributed by atoms with van der Waals surface area (Å²) >= 11 is 0. The summed E-state index contributed by atoms with van der Waals surface area (Å²) in [4.78, 5) is 25.6. The topological polar surface area (TPSA) is 76.0 Å². The minimum atomic E-state index is -0.385. The van der Waals surface area contributed by atoms with Crippen LogP contribution in [0.2, 0.25) is 0 Å². The lowest BCUT2D eigenvalue weighted by Crippen LogP contribution is -2.33. The van der Waals surface area contributed by atoms with Crippen LogP contribution in [0.25, 0.3) is 16.9 Å². The lowest BCUT2D eigenvalue weighted by Gasteiger charge is -2.09. The number of amides is 2. The Morgan fingerprint density at radius 1 is 1.00 bits per heavy atom. The molecule has 168 valence electrons. The molecule has 0 saturated heterocycles. The number of aryl methyl sites for hydroxylation is 2. The Balaban J connectivity index is 1.58. The van der Waals surface area contributed by atoms with Crippen LogP contribution >= 0.6 is 0 Å². The molecule has 0 radical (unpaired) electrons. The molecule has 0 spiro atoms. The standard InChI is InChI=1S/C28H24N4O2/c1-4-21-9-8-10-22(16-21)30-26(33)17-29-28(34)25-18-32(23-11-6-5-7-12-23)31-27(25)24-14-13-19(2)15-20(24)3/h1,5-16,18H,17H2,2-3H3,(H,29,34)(H,30,33). The minimum Gasteiger partial charge on any atom is -0.343 e. The Labute approximate surface area is 198 Å². The quantitative estimate of drug-likeness (QED) is 0.426. The molecule has 1 aromatic heterocycles. The summed E-state index contributed by atoms with van der Waals surface area (Å²) in [5, 5.41) is 10.2. The van der Waals surface area contributed by atoms with Crippen LogP contribution in [0.3, 0.4) is 0 Å². The monoisotopic (exact) mass is 448 g/mol. The van der Waals surface area contributed by atoms with Crippen molar-refractivity contribution in [1.29, 1.82) is 0 Å². The van der Waals surface area contributed by atoms with Crippen LogP contribution in [0.4, 0.5) is 5.69 Å². The van der Waals surface area contributed by atoms with Gasteiger partial charge in [0.2, 0.25) is 5.91 Å². The van der Waals surface area contributed by atoms with E-state index in [1.165, 1.54) is 0 Å². The number of aromatic nitrogens is 2. The van der Waals surface area contributed by atoms with Crippen molar-refractivity contribution >= 4 is 17.5 Å². The van der Waals surface area contributed by atoms with E-state index >= 15 is 0 Å². The molecule has 4 rings (SSSR count). The molecule has 2 N–H and O–H groups in total. The van der Waals surface area contributed by atoms with E-state index in [1.807, 2.05) is 56.3 Å². The van der Waals surface area contributed by atoms with Gasteiger partial charge in [-0.25, -0.2) is 4.68 Å². The fourth-order valence-electron chi connectivity index (χ4n) is 3.68. The number of terminal acetylenes is 1. The van der Waals surface area contributed by atoms with E-state index in [9.17, 15) is 9.59 Å². The van der Waals surface area contributed by atoms with Gasteiger partial charge in [-0.05, 0) is 49.7 Å². The Morgan fingerprint density at radius 3 is 2.53 bits per heavy atom. The molecule has 6 heteroatoms. The minimum absolute atomic E-state index is 0.193. The smallest absolute Gasteiger partial charge is 0.255 e. The van der Waals surface area contributed by atoms with Gasteiger partial charge in [-0.15, -0.1) is 6.42 Å². The molecule has 6 nitrogen and oxygen atoms in total. The number of rotatable bonds is 6. The first kappa shape index (κ1) is 22.6. The highest BCUT2D eigenvalue weighted by Crippen LogP contribution is 2.27. The Hall–Kier alpha value is -4.63. The van der Waals surface area contributed by atoms with E-state index in [-0.39, 0.29) is 18.4 Å². The highest BCUT2D eigenvalue weighted by atomic mass is 16.2. The second-order valence-electron chi connectivity index (χ2n) is 7.95. The summed E-state index contributed by atoms with van der Waals surface area (Å²) in [5.41, 5.74) is 6.01. The second kappa shape index (κ2) is 9.88. The van der Waals surface area contributed by atoms with Gasteiger partial charge in [0, 0.05) is 23.0 Å². The maximum absolute atomic E-state index is 13.1. The van der Waals surface area contributed by atoms with Gasteiger partial charge < -0.3 is 10.6 Å². The molecule has 0 atom stereocenters. The summed E-state index contributed by atoms with van der Waals surface area (Å²) in [6.07, 6.45) is 7.10. The Morgan fingerprint density at radius 2 is 1.79 bits per heavy atom. The second-order valence-corrected chi connectivity index (χ2v) is 7.95. The van der Waals surface area contributed by atoms with Gasteiger partial charge in [0.15, 0.2) is 0 Å². The third kappa shape index (κ3) is 5.05. The lowest BCUT2D eigenvalue weighted by molar-refractivity contribution is -0.115. The first-order chi connectivity index (χ1) is 16.4. The van der Waals surface area contributed by atoms with Gasteiger partial charge in [0.05, 0.1) is 17.8 Å². The summed E-state index contributed by atoms with van der Waals surface area (Å²) in [6, 6.07) is 22.5. The first-order valence-corrected chi connectivity index (χ1v) is 10.8. The maximum atomic E-state index is 13.1. The zero-order chi connectivity index (χ0) is 24.1. The molecule has 0 bridgehead atoms. The van der Waals surface area contributed by atoms with Gasteiger partial charge in [-0.2, -0.15) is 5.10 Å². The Bertz CT molecular complexity index is 1400. The fraction of sp³-hybridized carbons (Fsp3) is 0.107. The Kier molecular flexibility index (Phi) is 6.56. The molecule has 1 heterocycles. The highest BCUT2D eigenvalue weighted by molar-refractivity contribution is 6.03. The van der Waals surface area contributed by atoms with Crippen molar-refractivity contribution in [3.05, 3.63) is 101 Å². The predicted molar refractivity (Wildman–Crippen MR) is 134 cm³/mol. The largest absolute Gasteiger partial charge is 0.343 e. The van der Waals surface area contributed by atoms with Crippen LogP contribution in [0.5, 0.6) is 0 Å². The molecule has 2 amide bonds. The fourth-order valence-corrected chi connectivity index (χ4v) is 3.68. The number of benzene rings is 3. The molecule has 3 aromatic carbocycles. The number of hydrogen-bond donors (Lipinski definition) is 2. The van der Waals surface area contributed by atoms with Crippen molar-refractivity contribution in [2.24, 2.45) is 0 Å². The van der Waals surface area contributed by atoms with E-state index in [0.717, 1.165) is 22.4 Å². The van der Waals surface area contributed by atoms with Crippen LogP contribution < -0.4 is 10.6 Å². The third-order valence-electron chi connectivity index (χ3n) is 5.34. The molecule has 0 fully saturated rings. The van der Waals surface area contributed by atoms with Crippen molar-refractivity contribution < 1.29 is 9.59 Å². The summed E-state index contributed by atoms with van der Waals surface area (Å²) in [6.45, 7) is 3.82. The summed E-state index contributed by atoms with van der Waals surface area (Å²) in [5.74, 6) is 1.79. The van der Waals surface area contributed by atoms with Crippen molar-refractivity contribution in [3.8, 4) is 29.3 Å². The molecule has 0 saturated carbocycles. The zero-order valence-electron chi connectivity index (χ0n) is 19.0. The summed E-state index contributed by atoms with van der Waals surface area (Å²) in [7, 11) is 0. The predicted octanol–water partition coefficient (Wildman–Crippen LogP) is 4.51. The van der Waals surface area contributed by atoms with Crippen LogP contribution in [-0.4, -0.2) is 28.1 Å². The van der Waals surface area contributed by atoms with Crippen LogP contribution in [0.1, 0.15) is 27.0 Å². The zero-order valence-corrected chi connectivity index (χ0v) is 19.0. The average Bonchev–Trinajstić information content (AvgIpc) is 3.28. The van der Waals surface area contributed by atoms with E-state index in [4.69, 9.17) is 11.5 Å². The maximum Gasteiger partial charge on any atom is 0.255 e. The number of anilines is 1. The third-order valence-corrected chi connectivity index (χ3v) is 5.34. The van der Waals surface area contributed by atoms with E-state index in [0.29, 0.717) is 22.5 Å². The van der Waals surface area contributed by atoms with E-state index < -0.39 is 0 Å². The van der Waals surface area contributed by atoms with Gasteiger partial charge in [-0.3, -0.25) is 9.59 Å². The highest BCUT2D eigenvalue weighted by Gasteiger charge is 2.20. The number of para-hydroxylation sites is 1. The van der Waals surface area contributed by atoms with Crippen molar-refractivity contribution in [2.45, 2.75) is 13.8 Å². The van der Waals surface area contributed by atoms with Crippen molar-refractivity contribution in [3.63, 3.8) is 0 Å². The van der Waals surface area contributed by atoms with Crippen LogP contribution in [0, 0.1) is 26.2 Å². The number of carbonyl (C=O) groups excluding carboxylic acids is 2. The molecule has 0 aliphatic rings. The molecule has 0 aliphatic carbocycles. The van der Waals surface area contributed by atoms with Crippen LogP contribution in [-0.2, 0) is 4.79 Å². The normalized spacial score (nSPS) is 10.4. The SMILES string of the molecule is C#Cc1cccc(NC(=O)CNC(=O)c2cn(-c3ccccc3)nc2-c2ccc(C)cc2C)c1. The summed E-state index contributed by atoms with van der Waals surface area (Å²) < 4.78 is 1.68. The van der Waals surface area contributed by atoms with E-state index in [1.54, 1.807) is 35.1 Å². The molecule has 0 unspecified atom stereocenters. The van der Waals surface area contributed by atoms with Gasteiger partial charge >= 0.3 is 0 Å². The van der Waals surface area contributed by atoms with Gasteiger partial charge in [0.25, 0.3) is 5.91 Å². The number of hydrogen-bond acceptors (Lipinski definition) is 3. The number of nitrogens with zero attached hydrogens (tertiary/aromatic N) is 2. The molecular formula is C28H24N4O2. The lowest BCUT2D eigenvalue weighted by atomic mass is 10.0. The van der Waals surface area contributed by atoms with Crippen molar-refractivity contribution in [2.75, 3.05) is 11.9 Å². The first-order valence-electron chi connectivity index (χ1n) is 10.8. The molecule has 0 aliphatic heterocycles. The van der Waals surface area contributed by atoms with Gasteiger partial charge in [-0.1, -0.05) is 53.9 Å². The molecule has 34 heavy (non-hydrogen) atoms. The van der Waals surface area contributed by atoms with Crippen molar-refractivity contribution in [1.82, 2.24) is 15.1 Å². The number of nitrogens with one attached hydrogen (secondary N) is 2. The van der Waals surface area contributed by atoms with Gasteiger partial charge in [0.1, 0.15) is 5.69 Å². The molecular weight excluding hydrogens is 424 g/mol. The van der Waals surface area contributed by atoms with E-state index in [2.05, 4.69) is 22.6 Å². The average molecular weight is 449 g/mol.